The third kappa shape index (κ3) is 7.68. The van der Waals surface area contributed by atoms with Crippen LogP contribution < -0.4 is 11.1 Å². The van der Waals surface area contributed by atoms with Crippen molar-refractivity contribution < 1.29 is 13.2 Å². The molecule has 0 bridgehead atoms. The van der Waals surface area contributed by atoms with Gasteiger partial charge in [-0.15, -0.1) is 0 Å². The van der Waals surface area contributed by atoms with Gasteiger partial charge >= 0.3 is 5.51 Å². The number of nitrogens with one attached hydrogen (secondary N) is 1. The van der Waals surface area contributed by atoms with E-state index in [2.05, 4.69) is 10.3 Å². The average Bonchev–Trinajstić information content (AvgIpc) is 2.52. The number of aliphatic imine (C=N–C) groups is 1. The SMILES string of the molecule is NC(=NCCSC(F)(F)F)NC1CCCCCC1. The van der Waals surface area contributed by atoms with E-state index in [1.54, 1.807) is 0 Å². The zero-order chi connectivity index (χ0) is 13.4. The van der Waals surface area contributed by atoms with Crippen LogP contribution in [0.3, 0.4) is 0 Å². The number of thioether (sulfide) groups is 1. The molecular formula is C11H20F3N3S. The van der Waals surface area contributed by atoms with Crippen molar-refractivity contribution in [1.29, 1.82) is 0 Å². The number of guanidine groups is 1. The highest BCUT2D eigenvalue weighted by molar-refractivity contribution is 8.00. The van der Waals surface area contributed by atoms with Gasteiger partial charge in [0.15, 0.2) is 5.96 Å². The zero-order valence-corrected chi connectivity index (χ0v) is 11.1. The Labute approximate surface area is 110 Å². The molecule has 1 aliphatic rings. The molecule has 0 heterocycles. The Morgan fingerprint density at radius 1 is 1.22 bits per heavy atom. The van der Waals surface area contributed by atoms with Crippen LogP contribution in [0.1, 0.15) is 38.5 Å². The summed E-state index contributed by atoms with van der Waals surface area (Å²) in [7, 11) is 0. The molecule has 0 saturated heterocycles. The van der Waals surface area contributed by atoms with Gasteiger partial charge in [0.05, 0.1) is 6.54 Å². The van der Waals surface area contributed by atoms with Gasteiger partial charge in [-0.3, -0.25) is 4.99 Å². The zero-order valence-electron chi connectivity index (χ0n) is 10.3. The first-order valence-corrected chi connectivity index (χ1v) is 7.23. The smallest absolute Gasteiger partial charge is 0.370 e. The molecule has 0 aliphatic heterocycles. The number of halogens is 3. The van der Waals surface area contributed by atoms with Crippen molar-refractivity contribution in [2.45, 2.75) is 50.1 Å². The second-order valence-corrected chi connectivity index (χ2v) is 5.55. The molecular weight excluding hydrogens is 263 g/mol. The van der Waals surface area contributed by atoms with Gasteiger partial charge in [-0.25, -0.2) is 0 Å². The predicted molar refractivity (Wildman–Crippen MR) is 69.6 cm³/mol. The highest BCUT2D eigenvalue weighted by atomic mass is 32.2. The fraction of sp³-hybridized carbons (Fsp3) is 0.909. The molecule has 0 unspecified atom stereocenters. The maximum Gasteiger partial charge on any atom is 0.441 e. The van der Waals surface area contributed by atoms with Crippen LogP contribution in [0, 0.1) is 0 Å². The van der Waals surface area contributed by atoms with Crippen molar-refractivity contribution in [1.82, 2.24) is 5.32 Å². The Bertz CT molecular complexity index is 261. The molecule has 3 nitrogen and oxygen atoms in total. The number of hydrogen-bond donors (Lipinski definition) is 2. The van der Waals surface area contributed by atoms with Crippen molar-refractivity contribution in [2.24, 2.45) is 10.7 Å². The van der Waals surface area contributed by atoms with E-state index in [1.165, 1.54) is 25.7 Å². The molecule has 1 aliphatic carbocycles. The molecule has 7 heteroatoms. The van der Waals surface area contributed by atoms with Gasteiger partial charge < -0.3 is 11.1 Å². The van der Waals surface area contributed by atoms with Gasteiger partial charge in [0, 0.05) is 11.8 Å². The number of nitrogens with zero attached hydrogens (tertiary/aromatic N) is 1. The Morgan fingerprint density at radius 3 is 2.39 bits per heavy atom. The lowest BCUT2D eigenvalue weighted by Gasteiger charge is -2.16. The van der Waals surface area contributed by atoms with E-state index in [9.17, 15) is 13.2 Å². The Morgan fingerprint density at radius 2 is 1.83 bits per heavy atom. The van der Waals surface area contributed by atoms with Gasteiger partial charge in [0.2, 0.25) is 0 Å². The summed E-state index contributed by atoms with van der Waals surface area (Å²) in [6.45, 7) is 0.0930. The molecule has 1 fully saturated rings. The van der Waals surface area contributed by atoms with E-state index >= 15 is 0 Å². The van der Waals surface area contributed by atoms with Crippen LogP contribution >= 0.6 is 11.8 Å². The first kappa shape index (κ1) is 15.5. The molecule has 1 saturated carbocycles. The lowest BCUT2D eigenvalue weighted by Crippen LogP contribution is -2.40. The van der Waals surface area contributed by atoms with Gasteiger partial charge in [-0.2, -0.15) is 13.2 Å². The van der Waals surface area contributed by atoms with Crippen LogP contribution in [0.5, 0.6) is 0 Å². The molecule has 0 aromatic heterocycles. The molecule has 0 atom stereocenters. The molecule has 0 spiro atoms. The second kappa shape index (κ2) is 7.76. The van der Waals surface area contributed by atoms with Crippen molar-refractivity contribution in [2.75, 3.05) is 12.3 Å². The van der Waals surface area contributed by atoms with Crippen LogP contribution in [0.4, 0.5) is 13.2 Å². The summed E-state index contributed by atoms with van der Waals surface area (Å²) in [5.74, 6) is 0.181. The molecule has 1 rings (SSSR count). The molecule has 0 radical (unpaired) electrons. The van der Waals surface area contributed by atoms with Crippen LogP contribution in [-0.2, 0) is 0 Å². The summed E-state index contributed by atoms with van der Waals surface area (Å²) in [6.07, 6.45) is 6.97. The second-order valence-electron chi connectivity index (χ2n) is 4.39. The minimum absolute atomic E-state index is 0.0655. The largest absolute Gasteiger partial charge is 0.441 e. The Balaban J connectivity index is 2.20. The molecule has 0 aromatic carbocycles. The number of hydrogen-bond acceptors (Lipinski definition) is 2. The van der Waals surface area contributed by atoms with Crippen molar-refractivity contribution >= 4 is 17.7 Å². The van der Waals surface area contributed by atoms with Crippen LogP contribution in [-0.4, -0.2) is 29.8 Å². The highest BCUT2D eigenvalue weighted by Gasteiger charge is 2.27. The van der Waals surface area contributed by atoms with Gasteiger partial charge in [-0.1, -0.05) is 25.7 Å². The molecule has 0 amide bonds. The summed E-state index contributed by atoms with van der Waals surface area (Å²) >= 11 is -0.0655. The van der Waals surface area contributed by atoms with Gasteiger partial charge in [-0.05, 0) is 24.6 Å². The molecule has 0 aromatic rings. The monoisotopic (exact) mass is 283 g/mol. The highest BCUT2D eigenvalue weighted by Crippen LogP contribution is 2.29. The normalized spacial score (nSPS) is 19.6. The maximum absolute atomic E-state index is 11.9. The van der Waals surface area contributed by atoms with Crippen molar-refractivity contribution in [3.8, 4) is 0 Å². The van der Waals surface area contributed by atoms with E-state index in [1.807, 2.05) is 0 Å². The van der Waals surface area contributed by atoms with E-state index < -0.39 is 5.51 Å². The topological polar surface area (TPSA) is 50.4 Å². The Kier molecular flexibility index (Phi) is 6.67. The fourth-order valence-corrected chi connectivity index (χ4v) is 2.42. The van der Waals surface area contributed by atoms with E-state index in [0.29, 0.717) is 6.04 Å². The predicted octanol–water partition coefficient (Wildman–Crippen LogP) is 2.87. The molecule has 106 valence electrons. The van der Waals surface area contributed by atoms with Crippen LogP contribution in [0.25, 0.3) is 0 Å². The third-order valence-corrected chi connectivity index (χ3v) is 3.56. The first-order chi connectivity index (χ1) is 8.47. The number of nitrogens with two attached hydrogens (primary N) is 1. The minimum atomic E-state index is -4.18. The van der Waals surface area contributed by atoms with Gasteiger partial charge in [0.1, 0.15) is 0 Å². The number of rotatable bonds is 4. The Hall–Kier alpha value is -0.590. The lowest BCUT2D eigenvalue weighted by atomic mass is 10.1. The molecule has 3 N–H and O–H groups in total. The molecule has 18 heavy (non-hydrogen) atoms. The number of alkyl halides is 3. The summed E-state index contributed by atoms with van der Waals surface area (Å²) in [5.41, 5.74) is 1.47. The van der Waals surface area contributed by atoms with E-state index in [4.69, 9.17) is 5.73 Å². The van der Waals surface area contributed by atoms with E-state index in [-0.39, 0.29) is 30.0 Å². The summed E-state index contributed by atoms with van der Waals surface area (Å²) < 4.78 is 35.6. The quantitative estimate of drug-likeness (QED) is 0.361. The van der Waals surface area contributed by atoms with E-state index in [0.717, 1.165) is 12.8 Å². The van der Waals surface area contributed by atoms with Gasteiger partial charge in [0.25, 0.3) is 0 Å². The minimum Gasteiger partial charge on any atom is -0.370 e. The average molecular weight is 283 g/mol. The summed E-state index contributed by atoms with van der Waals surface area (Å²) in [6, 6.07) is 0.325. The standard InChI is InChI=1S/C11H20F3N3S/c12-11(13,14)18-8-7-16-10(15)17-9-5-3-1-2-4-6-9/h9H,1-8H2,(H3,15,16,17). The van der Waals surface area contributed by atoms with Crippen molar-refractivity contribution in [3.05, 3.63) is 0 Å². The fourth-order valence-electron chi connectivity index (χ4n) is 2.01. The van der Waals surface area contributed by atoms with Crippen LogP contribution in [0.2, 0.25) is 0 Å². The van der Waals surface area contributed by atoms with Crippen molar-refractivity contribution in [3.63, 3.8) is 0 Å². The maximum atomic E-state index is 11.9. The summed E-state index contributed by atoms with van der Waals surface area (Å²) in [4.78, 5) is 3.91. The third-order valence-electron chi connectivity index (χ3n) is 2.85. The lowest BCUT2D eigenvalue weighted by molar-refractivity contribution is -0.0327. The summed E-state index contributed by atoms with van der Waals surface area (Å²) in [5, 5.41) is 3.09. The first-order valence-electron chi connectivity index (χ1n) is 6.24. The van der Waals surface area contributed by atoms with Crippen LogP contribution in [0.15, 0.2) is 4.99 Å².